The highest BCUT2D eigenvalue weighted by molar-refractivity contribution is 5.83. The number of hydrogen-bond donors (Lipinski definition) is 2. The number of aryl methyl sites for hydroxylation is 1. The lowest BCUT2D eigenvalue weighted by atomic mass is 9.78. The van der Waals surface area contributed by atoms with Gasteiger partial charge in [0, 0.05) is 12.5 Å². The summed E-state index contributed by atoms with van der Waals surface area (Å²) in [6, 6.07) is 4.19. The van der Waals surface area contributed by atoms with Crippen LogP contribution in [-0.4, -0.2) is 29.1 Å². The molecule has 28 heavy (non-hydrogen) atoms. The minimum absolute atomic E-state index is 0.193. The number of phenolic OH excluding ortho intramolecular Hbond substituents is 1. The molecular formula is C23H35NO4. The lowest BCUT2D eigenvalue weighted by Crippen LogP contribution is -2.37. The van der Waals surface area contributed by atoms with E-state index < -0.39 is 6.10 Å². The zero-order valence-electron chi connectivity index (χ0n) is 18.3. The summed E-state index contributed by atoms with van der Waals surface area (Å²) in [7, 11) is 0. The van der Waals surface area contributed by atoms with Crippen molar-refractivity contribution < 1.29 is 19.4 Å². The van der Waals surface area contributed by atoms with Crippen LogP contribution < -0.4 is 5.32 Å². The average molecular weight is 390 g/mol. The Hall–Kier alpha value is -2.04. The van der Waals surface area contributed by atoms with Gasteiger partial charge in [-0.05, 0) is 53.7 Å². The van der Waals surface area contributed by atoms with Crippen molar-refractivity contribution in [2.75, 3.05) is 0 Å². The van der Waals surface area contributed by atoms with Crippen LogP contribution in [0, 0.1) is 0 Å². The fourth-order valence-corrected chi connectivity index (χ4v) is 3.08. The third-order valence-electron chi connectivity index (χ3n) is 5.00. The van der Waals surface area contributed by atoms with Crippen LogP contribution in [0.5, 0.6) is 5.75 Å². The highest BCUT2D eigenvalue weighted by Gasteiger charge is 2.28. The maximum absolute atomic E-state index is 12.2. The molecule has 2 N–H and O–H groups in total. The summed E-state index contributed by atoms with van der Waals surface area (Å²) in [6.45, 7) is 14.0. The molecule has 0 saturated heterocycles. The lowest BCUT2D eigenvalue weighted by molar-refractivity contribution is -0.154. The first kappa shape index (κ1) is 22.3. The largest absolute Gasteiger partial charge is 0.507 e. The van der Waals surface area contributed by atoms with Crippen molar-refractivity contribution in [3.05, 3.63) is 28.8 Å². The molecule has 1 aromatic rings. The van der Waals surface area contributed by atoms with Gasteiger partial charge < -0.3 is 15.2 Å². The summed E-state index contributed by atoms with van der Waals surface area (Å²) in [4.78, 5) is 24.1. The van der Waals surface area contributed by atoms with E-state index in [-0.39, 0.29) is 35.2 Å². The van der Waals surface area contributed by atoms with Gasteiger partial charge in [0.25, 0.3) is 5.91 Å². The van der Waals surface area contributed by atoms with Gasteiger partial charge in [0.2, 0.25) is 0 Å². The molecule has 5 nitrogen and oxygen atoms in total. The minimum atomic E-state index is -0.775. The van der Waals surface area contributed by atoms with Gasteiger partial charge in [-0.2, -0.15) is 0 Å². The molecule has 0 heterocycles. The van der Waals surface area contributed by atoms with Gasteiger partial charge in [-0.25, -0.2) is 0 Å². The average Bonchev–Trinajstić information content (AvgIpc) is 3.35. The topological polar surface area (TPSA) is 75.6 Å². The maximum Gasteiger partial charge on any atom is 0.306 e. The second kappa shape index (κ2) is 8.14. The lowest BCUT2D eigenvalue weighted by Gasteiger charge is -2.28. The molecular weight excluding hydrogens is 354 g/mol. The molecule has 156 valence electrons. The SMILES string of the molecule is C[C@@H](OC(=O)CCc1cc(C(C)(C)C)c(O)c(C(C)(C)C)c1)C(=O)NC1CC1. The summed E-state index contributed by atoms with van der Waals surface area (Å²) >= 11 is 0. The Bertz CT molecular complexity index is 701. The number of nitrogens with one attached hydrogen (secondary N) is 1. The fraction of sp³-hybridized carbons (Fsp3) is 0.652. The number of phenols is 1. The number of amides is 1. The van der Waals surface area contributed by atoms with E-state index in [1.54, 1.807) is 6.92 Å². The quantitative estimate of drug-likeness (QED) is 0.717. The summed E-state index contributed by atoms with van der Waals surface area (Å²) in [6.07, 6.45) is 1.92. The Kier molecular flexibility index (Phi) is 6.47. The Balaban J connectivity index is 2.08. The van der Waals surface area contributed by atoms with Crippen LogP contribution in [0.1, 0.15) is 84.4 Å². The van der Waals surface area contributed by atoms with Gasteiger partial charge in [-0.15, -0.1) is 0 Å². The van der Waals surface area contributed by atoms with Crippen molar-refractivity contribution >= 4 is 11.9 Å². The molecule has 0 spiro atoms. The molecule has 1 atom stereocenters. The number of aromatic hydroxyl groups is 1. The van der Waals surface area contributed by atoms with Crippen molar-refractivity contribution in [1.82, 2.24) is 5.32 Å². The molecule has 5 heteroatoms. The van der Waals surface area contributed by atoms with Gasteiger partial charge >= 0.3 is 5.97 Å². The molecule has 1 aromatic carbocycles. The molecule has 1 aliphatic carbocycles. The van der Waals surface area contributed by atoms with Crippen molar-refractivity contribution in [2.24, 2.45) is 0 Å². The van der Waals surface area contributed by atoms with Crippen molar-refractivity contribution in [3.8, 4) is 5.75 Å². The standard InChI is InChI=1S/C23H35NO4/c1-14(21(27)24-16-9-10-16)28-19(25)11-8-15-12-17(22(2,3)4)20(26)18(13-15)23(5,6)7/h12-14,16,26H,8-11H2,1-7H3,(H,24,27)/t14-/m1/s1. The molecule has 0 unspecified atom stereocenters. The summed E-state index contributed by atoms with van der Waals surface area (Å²) < 4.78 is 5.28. The molecule has 0 aliphatic heterocycles. The van der Waals surface area contributed by atoms with E-state index in [4.69, 9.17) is 4.74 Å². The van der Waals surface area contributed by atoms with Crippen molar-refractivity contribution in [1.29, 1.82) is 0 Å². The highest BCUT2D eigenvalue weighted by atomic mass is 16.5. The predicted octanol–water partition coefficient (Wildman–Crippen LogP) is 4.13. The molecule has 1 saturated carbocycles. The van der Waals surface area contributed by atoms with E-state index in [0.717, 1.165) is 29.5 Å². The molecule has 2 rings (SSSR count). The van der Waals surface area contributed by atoms with Crippen LogP contribution in [0.2, 0.25) is 0 Å². The number of benzene rings is 1. The zero-order valence-corrected chi connectivity index (χ0v) is 18.3. The fourth-order valence-electron chi connectivity index (χ4n) is 3.08. The number of rotatable bonds is 6. The van der Waals surface area contributed by atoms with Gasteiger partial charge in [0.1, 0.15) is 5.75 Å². The number of carbonyl (C=O) groups excluding carboxylic acids is 2. The number of esters is 1. The predicted molar refractivity (Wildman–Crippen MR) is 111 cm³/mol. The number of carbonyl (C=O) groups is 2. The molecule has 1 aliphatic rings. The van der Waals surface area contributed by atoms with Crippen LogP contribution in [0.25, 0.3) is 0 Å². The molecule has 1 fully saturated rings. The van der Waals surface area contributed by atoms with Gasteiger partial charge in [0.05, 0.1) is 0 Å². The maximum atomic E-state index is 12.2. The smallest absolute Gasteiger partial charge is 0.306 e. The van der Waals surface area contributed by atoms with E-state index in [9.17, 15) is 14.7 Å². The summed E-state index contributed by atoms with van der Waals surface area (Å²) in [5.41, 5.74) is 2.31. The first-order valence-corrected chi connectivity index (χ1v) is 10.2. The van der Waals surface area contributed by atoms with E-state index in [2.05, 4.69) is 46.9 Å². The van der Waals surface area contributed by atoms with E-state index in [1.807, 2.05) is 12.1 Å². The first-order chi connectivity index (χ1) is 12.8. The van der Waals surface area contributed by atoms with E-state index >= 15 is 0 Å². The molecule has 0 aromatic heterocycles. The normalized spacial score (nSPS) is 15.8. The van der Waals surface area contributed by atoms with E-state index in [0.29, 0.717) is 12.2 Å². The Morgan fingerprint density at radius 1 is 1.11 bits per heavy atom. The Labute approximate surface area is 168 Å². The highest BCUT2D eigenvalue weighted by Crippen LogP contribution is 2.40. The second-order valence-corrected chi connectivity index (χ2v) is 9.95. The number of hydrogen-bond acceptors (Lipinski definition) is 4. The van der Waals surface area contributed by atoms with Crippen molar-refractivity contribution in [2.45, 2.75) is 97.1 Å². The van der Waals surface area contributed by atoms with Gasteiger partial charge in [-0.3, -0.25) is 9.59 Å². The third kappa shape index (κ3) is 5.98. The Morgan fingerprint density at radius 2 is 1.61 bits per heavy atom. The van der Waals surface area contributed by atoms with E-state index in [1.165, 1.54) is 0 Å². The van der Waals surface area contributed by atoms with Gasteiger partial charge in [0.15, 0.2) is 6.10 Å². The summed E-state index contributed by atoms with van der Waals surface area (Å²) in [5, 5.41) is 13.6. The Morgan fingerprint density at radius 3 is 2.04 bits per heavy atom. The minimum Gasteiger partial charge on any atom is -0.507 e. The van der Waals surface area contributed by atoms with Gasteiger partial charge in [-0.1, -0.05) is 53.7 Å². The molecule has 0 bridgehead atoms. The van der Waals surface area contributed by atoms with Crippen LogP contribution in [0.3, 0.4) is 0 Å². The first-order valence-electron chi connectivity index (χ1n) is 10.2. The molecule has 1 amide bonds. The molecule has 0 radical (unpaired) electrons. The van der Waals surface area contributed by atoms with Crippen molar-refractivity contribution in [3.63, 3.8) is 0 Å². The second-order valence-electron chi connectivity index (χ2n) is 9.95. The van der Waals surface area contributed by atoms with Crippen LogP contribution >= 0.6 is 0 Å². The third-order valence-corrected chi connectivity index (χ3v) is 5.00. The zero-order chi connectivity index (χ0) is 21.3. The monoisotopic (exact) mass is 389 g/mol. The van der Waals surface area contributed by atoms with Crippen LogP contribution in [0.15, 0.2) is 12.1 Å². The van der Waals surface area contributed by atoms with Crippen LogP contribution in [-0.2, 0) is 31.6 Å². The van der Waals surface area contributed by atoms with Crippen LogP contribution in [0.4, 0.5) is 0 Å². The summed E-state index contributed by atoms with van der Waals surface area (Å²) in [5.74, 6) is -0.289. The number of ether oxygens (including phenoxy) is 1.